The Hall–Kier alpha value is -1.71. The quantitative estimate of drug-likeness (QED) is 0.817. The molecule has 0 saturated carbocycles. The summed E-state index contributed by atoms with van der Waals surface area (Å²) in [6.07, 6.45) is 2.78. The number of piperazine rings is 1. The summed E-state index contributed by atoms with van der Waals surface area (Å²) in [4.78, 5) is 8.03. The largest absolute Gasteiger partial charge is 0.480 e. The minimum absolute atomic E-state index is 0.329. The molecule has 20 heavy (non-hydrogen) atoms. The van der Waals surface area contributed by atoms with Crippen molar-refractivity contribution in [2.45, 2.75) is 0 Å². The Morgan fingerprint density at radius 1 is 1.30 bits per heavy atom. The molecule has 3 heterocycles. The first kappa shape index (κ1) is 13.3. The van der Waals surface area contributed by atoms with E-state index in [0.717, 1.165) is 0 Å². The first-order chi connectivity index (χ1) is 9.64. The third-order valence-electron chi connectivity index (χ3n) is 3.26. The number of hydrogen-bond donors (Lipinski definition) is 1. The van der Waals surface area contributed by atoms with Crippen molar-refractivity contribution >= 4 is 21.2 Å². The van der Waals surface area contributed by atoms with Gasteiger partial charge in [-0.25, -0.2) is 13.9 Å². The molecule has 2 aromatic heterocycles. The lowest BCUT2D eigenvalue weighted by Gasteiger charge is -2.26. The minimum atomic E-state index is -3.61. The molecule has 1 N–H and O–H groups in total. The van der Waals surface area contributed by atoms with Crippen LogP contribution in [0.2, 0.25) is 0 Å². The summed E-state index contributed by atoms with van der Waals surface area (Å²) in [6, 6.07) is 1.65. The average molecular weight is 297 g/mol. The molecule has 2 aromatic rings. The van der Waals surface area contributed by atoms with E-state index in [9.17, 15) is 8.42 Å². The molecule has 0 amide bonds. The van der Waals surface area contributed by atoms with Gasteiger partial charge in [0, 0.05) is 32.4 Å². The summed E-state index contributed by atoms with van der Waals surface area (Å²) in [6.45, 7) is 2.20. The zero-order chi connectivity index (χ0) is 14.2. The summed E-state index contributed by atoms with van der Waals surface area (Å²) in [5, 5.41) is 3.70. The Labute approximate surface area is 116 Å². The highest BCUT2D eigenvalue weighted by molar-refractivity contribution is 7.87. The molecule has 0 aliphatic carbocycles. The molecule has 1 aliphatic rings. The number of nitrogens with zero attached hydrogens (tertiary/aromatic N) is 4. The summed E-state index contributed by atoms with van der Waals surface area (Å²) in [7, 11) is -2.12. The number of nitrogens with one attached hydrogen (secondary N) is 1. The minimum Gasteiger partial charge on any atom is -0.480 e. The van der Waals surface area contributed by atoms with Crippen molar-refractivity contribution in [3.63, 3.8) is 0 Å². The molecule has 3 rings (SSSR count). The average Bonchev–Trinajstić information content (AvgIpc) is 2.92. The van der Waals surface area contributed by atoms with E-state index in [1.54, 1.807) is 6.07 Å². The van der Waals surface area contributed by atoms with Crippen LogP contribution in [0.5, 0.6) is 5.88 Å². The maximum atomic E-state index is 12.6. The number of ether oxygens (including phenoxy) is 1. The Bertz CT molecular complexity index is 721. The van der Waals surface area contributed by atoms with E-state index in [2.05, 4.69) is 15.3 Å². The van der Waals surface area contributed by atoms with E-state index >= 15 is 0 Å². The van der Waals surface area contributed by atoms with E-state index < -0.39 is 10.2 Å². The van der Waals surface area contributed by atoms with Gasteiger partial charge in [0.2, 0.25) is 5.88 Å². The van der Waals surface area contributed by atoms with Crippen LogP contribution in [-0.2, 0) is 10.2 Å². The molecular formula is C11H15N5O3S. The molecule has 1 saturated heterocycles. The van der Waals surface area contributed by atoms with Gasteiger partial charge in [-0.1, -0.05) is 0 Å². The topological polar surface area (TPSA) is 89.4 Å². The maximum absolute atomic E-state index is 12.6. The van der Waals surface area contributed by atoms with Gasteiger partial charge in [-0.05, 0) is 6.07 Å². The summed E-state index contributed by atoms with van der Waals surface area (Å²) >= 11 is 0. The van der Waals surface area contributed by atoms with Crippen LogP contribution in [0.15, 0.2) is 18.6 Å². The van der Waals surface area contributed by atoms with Crippen molar-refractivity contribution in [1.29, 1.82) is 0 Å². The standard InChI is InChI=1S/C11H15N5O3S/c1-19-11-9-2-5-16(10(9)13-8-14-11)20(17,18)15-6-3-12-4-7-15/h2,5,8,12H,3-4,6-7H2,1H3. The van der Waals surface area contributed by atoms with E-state index in [-0.39, 0.29) is 0 Å². The highest BCUT2D eigenvalue weighted by atomic mass is 32.2. The van der Waals surface area contributed by atoms with Crippen molar-refractivity contribution in [3.05, 3.63) is 18.6 Å². The molecule has 0 unspecified atom stereocenters. The Kier molecular flexibility index (Phi) is 3.32. The van der Waals surface area contributed by atoms with Crippen molar-refractivity contribution in [2.75, 3.05) is 33.3 Å². The molecule has 0 aromatic carbocycles. The summed E-state index contributed by atoms with van der Waals surface area (Å²) in [5.74, 6) is 0.365. The highest BCUT2D eigenvalue weighted by Gasteiger charge is 2.27. The van der Waals surface area contributed by atoms with Gasteiger partial charge in [0.1, 0.15) is 6.33 Å². The molecule has 8 nitrogen and oxygen atoms in total. The fourth-order valence-corrected chi connectivity index (χ4v) is 3.72. The number of hydrogen-bond acceptors (Lipinski definition) is 6. The first-order valence-electron chi connectivity index (χ1n) is 6.22. The van der Waals surface area contributed by atoms with Gasteiger partial charge in [0.25, 0.3) is 0 Å². The Morgan fingerprint density at radius 3 is 2.75 bits per heavy atom. The zero-order valence-corrected chi connectivity index (χ0v) is 11.8. The van der Waals surface area contributed by atoms with Crippen LogP contribution in [0.3, 0.4) is 0 Å². The number of aromatic nitrogens is 3. The molecule has 0 atom stereocenters. The van der Waals surface area contributed by atoms with E-state index in [1.165, 1.54) is 27.9 Å². The van der Waals surface area contributed by atoms with Crippen molar-refractivity contribution in [3.8, 4) is 5.88 Å². The maximum Gasteiger partial charge on any atom is 0.309 e. The van der Waals surface area contributed by atoms with Crippen LogP contribution in [0.4, 0.5) is 0 Å². The number of fused-ring (bicyclic) bond motifs is 1. The molecule has 0 spiro atoms. The fourth-order valence-electron chi connectivity index (χ4n) is 2.25. The smallest absolute Gasteiger partial charge is 0.309 e. The van der Waals surface area contributed by atoms with Crippen molar-refractivity contribution in [2.24, 2.45) is 0 Å². The van der Waals surface area contributed by atoms with E-state index in [4.69, 9.17) is 4.74 Å². The second-order valence-electron chi connectivity index (χ2n) is 4.39. The van der Waals surface area contributed by atoms with Crippen molar-refractivity contribution in [1.82, 2.24) is 23.6 Å². The van der Waals surface area contributed by atoms with Gasteiger partial charge in [0.15, 0.2) is 5.65 Å². The Morgan fingerprint density at radius 2 is 2.05 bits per heavy atom. The van der Waals surface area contributed by atoms with Gasteiger partial charge in [0.05, 0.1) is 12.5 Å². The molecular weight excluding hydrogens is 282 g/mol. The van der Waals surface area contributed by atoms with Crippen LogP contribution in [0.25, 0.3) is 11.0 Å². The lowest BCUT2D eigenvalue weighted by molar-refractivity contribution is 0.357. The molecule has 0 bridgehead atoms. The molecule has 108 valence electrons. The predicted octanol–water partition coefficient (Wildman–Crippen LogP) is -0.562. The van der Waals surface area contributed by atoms with E-state index in [1.807, 2.05) is 0 Å². The van der Waals surface area contributed by atoms with Crippen LogP contribution in [0.1, 0.15) is 0 Å². The molecule has 9 heteroatoms. The van der Waals surface area contributed by atoms with Gasteiger partial charge in [-0.15, -0.1) is 0 Å². The van der Waals surface area contributed by atoms with Gasteiger partial charge in [-0.2, -0.15) is 12.7 Å². The zero-order valence-electron chi connectivity index (χ0n) is 11.0. The van der Waals surface area contributed by atoms with Gasteiger partial charge < -0.3 is 10.1 Å². The van der Waals surface area contributed by atoms with Crippen LogP contribution >= 0.6 is 0 Å². The lowest BCUT2D eigenvalue weighted by atomic mass is 10.4. The molecule has 0 radical (unpaired) electrons. The fraction of sp³-hybridized carbons (Fsp3) is 0.455. The Balaban J connectivity index is 2.10. The van der Waals surface area contributed by atoms with Crippen LogP contribution in [0, 0.1) is 0 Å². The lowest BCUT2D eigenvalue weighted by Crippen LogP contribution is -2.48. The van der Waals surface area contributed by atoms with E-state index in [0.29, 0.717) is 43.1 Å². The summed E-state index contributed by atoms with van der Waals surface area (Å²) < 4.78 is 33.0. The van der Waals surface area contributed by atoms with Crippen molar-refractivity contribution < 1.29 is 13.2 Å². The SMILES string of the molecule is COc1ncnc2c1ccn2S(=O)(=O)N1CCNCC1. The predicted molar refractivity (Wildman–Crippen MR) is 72.8 cm³/mol. The normalized spacial score (nSPS) is 17.4. The third-order valence-corrected chi connectivity index (χ3v) is 5.07. The number of methoxy groups -OCH3 is 1. The van der Waals surface area contributed by atoms with Gasteiger partial charge in [-0.3, -0.25) is 0 Å². The summed E-state index contributed by atoms with van der Waals surface area (Å²) in [5.41, 5.74) is 0.329. The second-order valence-corrected chi connectivity index (χ2v) is 6.19. The van der Waals surface area contributed by atoms with Crippen LogP contribution in [-0.4, -0.2) is 60.0 Å². The number of rotatable bonds is 3. The second kappa shape index (κ2) is 5.00. The molecule has 1 fully saturated rings. The third kappa shape index (κ3) is 2.03. The monoisotopic (exact) mass is 297 g/mol. The van der Waals surface area contributed by atoms with Gasteiger partial charge >= 0.3 is 10.2 Å². The molecule has 1 aliphatic heterocycles. The van der Waals surface area contributed by atoms with Crippen LogP contribution < -0.4 is 10.1 Å². The highest BCUT2D eigenvalue weighted by Crippen LogP contribution is 2.24. The first-order valence-corrected chi connectivity index (χ1v) is 7.61.